The number of para-hydroxylation sites is 1. The number of piperidine rings is 1. The number of hydrogen-bond acceptors (Lipinski definition) is 4. The summed E-state index contributed by atoms with van der Waals surface area (Å²) in [4.78, 5) is 32.1. The monoisotopic (exact) mass is 391 g/mol. The molecule has 1 saturated heterocycles. The number of nitrogens with zero attached hydrogens (tertiary/aromatic N) is 4. The predicted octanol–water partition coefficient (Wildman–Crippen LogP) is 3.89. The minimum Gasteiger partial charge on any atom is -0.339 e. The largest absolute Gasteiger partial charge is 0.339 e. The lowest BCUT2D eigenvalue weighted by atomic mass is 10.1. The van der Waals surface area contributed by atoms with Crippen molar-refractivity contribution in [3.8, 4) is 0 Å². The number of anilines is 1. The van der Waals surface area contributed by atoms with E-state index in [0.29, 0.717) is 16.8 Å². The summed E-state index contributed by atoms with van der Waals surface area (Å²) in [6.45, 7) is 5.60. The van der Waals surface area contributed by atoms with Gasteiger partial charge in [-0.1, -0.05) is 12.1 Å². The van der Waals surface area contributed by atoms with Gasteiger partial charge < -0.3 is 10.2 Å². The van der Waals surface area contributed by atoms with Crippen LogP contribution in [0.1, 0.15) is 59.9 Å². The van der Waals surface area contributed by atoms with E-state index in [-0.39, 0.29) is 17.9 Å². The molecule has 0 atom stereocenters. The van der Waals surface area contributed by atoms with E-state index in [0.717, 1.165) is 43.4 Å². The molecule has 3 aromatic rings. The van der Waals surface area contributed by atoms with E-state index >= 15 is 0 Å². The van der Waals surface area contributed by atoms with E-state index < -0.39 is 0 Å². The molecule has 0 unspecified atom stereocenters. The number of pyridine rings is 1. The van der Waals surface area contributed by atoms with E-state index in [1.165, 1.54) is 0 Å². The summed E-state index contributed by atoms with van der Waals surface area (Å²) in [5.74, 6) is -0.331. The number of carbonyl (C=O) groups is 2. The van der Waals surface area contributed by atoms with Gasteiger partial charge in [-0.25, -0.2) is 9.67 Å². The van der Waals surface area contributed by atoms with E-state index in [4.69, 9.17) is 0 Å². The lowest BCUT2D eigenvalue weighted by molar-refractivity contribution is 0.0725. The number of amides is 2. The van der Waals surface area contributed by atoms with Gasteiger partial charge in [-0.3, -0.25) is 9.59 Å². The van der Waals surface area contributed by atoms with Gasteiger partial charge in [-0.05, 0) is 51.3 Å². The first-order chi connectivity index (χ1) is 14.0. The van der Waals surface area contributed by atoms with Gasteiger partial charge in [0.25, 0.3) is 11.8 Å². The maximum atomic E-state index is 12.9. The van der Waals surface area contributed by atoms with Crippen molar-refractivity contribution in [2.24, 2.45) is 0 Å². The molecule has 0 saturated carbocycles. The second kappa shape index (κ2) is 8.03. The van der Waals surface area contributed by atoms with Crippen LogP contribution < -0.4 is 5.32 Å². The molecule has 0 bridgehead atoms. The van der Waals surface area contributed by atoms with Crippen LogP contribution in [0.15, 0.2) is 42.7 Å². The molecule has 1 fully saturated rings. The molecule has 1 N–H and O–H groups in total. The van der Waals surface area contributed by atoms with Gasteiger partial charge in [0.1, 0.15) is 0 Å². The van der Waals surface area contributed by atoms with Crippen molar-refractivity contribution in [3.05, 3.63) is 53.9 Å². The Hall–Kier alpha value is -3.22. The molecule has 29 heavy (non-hydrogen) atoms. The van der Waals surface area contributed by atoms with Crippen molar-refractivity contribution in [1.29, 1.82) is 0 Å². The zero-order valence-electron chi connectivity index (χ0n) is 16.8. The van der Waals surface area contributed by atoms with Crippen LogP contribution in [0.3, 0.4) is 0 Å². The first-order valence-electron chi connectivity index (χ1n) is 10.1. The molecule has 1 aliphatic rings. The molecular weight excluding hydrogens is 366 g/mol. The molecule has 7 nitrogen and oxygen atoms in total. The van der Waals surface area contributed by atoms with Crippen molar-refractivity contribution in [2.75, 3.05) is 18.4 Å². The summed E-state index contributed by atoms with van der Waals surface area (Å²) in [6, 6.07) is 9.13. The first-order valence-corrected chi connectivity index (χ1v) is 10.1. The van der Waals surface area contributed by atoms with Crippen LogP contribution in [-0.4, -0.2) is 44.6 Å². The van der Waals surface area contributed by atoms with Crippen LogP contribution in [-0.2, 0) is 0 Å². The van der Waals surface area contributed by atoms with E-state index in [1.54, 1.807) is 30.6 Å². The van der Waals surface area contributed by atoms with Crippen molar-refractivity contribution in [2.45, 2.75) is 39.2 Å². The summed E-state index contributed by atoms with van der Waals surface area (Å²) < 4.78 is 1.82. The average Bonchev–Trinajstić information content (AvgIpc) is 3.18. The van der Waals surface area contributed by atoms with Crippen molar-refractivity contribution in [1.82, 2.24) is 19.7 Å². The second-order valence-electron chi connectivity index (χ2n) is 7.67. The number of aromatic nitrogens is 3. The fraction of sp³-hybridized carbons (Fsp3) is 0.364. The molecule has 7 heteroatoms. The van der Waals surface area contributed by atoms with E-state index in [2.05, 4.69) is 15.4 Å². The number of carbonyl (C=O) groups excluding carboxylic acids is 2. The maximum Gasteiger partial charge on any atom is 0.257 e. The normalized spacial score (nSPS) is 14.4. The van der Waals surface area contributed by atoms with Gasteiger partial charge in [0.2, 0.25) is 0 Å². The summed E-state index contributed by atoms with van der Waals surface area (Å²) in [5.41, 5.74) is 2.22. The van der Waals surface area contributed by atoms with Gasteiger partial charge in [-0.15, -0.1) is 0 Å². The molecule has 0 spiro atoms. The van der Waals surface area contributed by atoms with Crippen LogP contribution in [0.5, 0.6) is 0 Å². The predicted molar refractivity (Wildman–Crippen MR) is 112 cm³/mol. The standard InChI is InChI=1S/C22H25N5O2/c1-15(2)27-20-16(14-24-27)12-17(13-23-20)21(28)25-19-9-5-4-8-18(19)22(29)26-10-6-3-7-11-26/h4-5,8-9,12-15H,3,6-7,10-11H2,1-2H3,(H,25,28). The smallest absolute Gasteiger partial charge is 0.257 e. The van der Waals surface area contributed by atoms with Crippen molar-refractivity contribution >= 4 is 28.5 Å². The molecule has 2 amide bonds. The molecule has 2 aromatic heterocycles. The van der Waals surface area contributed by atoms with Gasteiger partial charge in [-0.2, -0.15) is 5.10 Å². The fourth-order valence-corrected chi connectivity index (χ4v) is 3.68. The SMILES string of the molecule is CC(C)n1ncc2cc(C(=O)Nc3ccccc3C(=O)N3CCCCC3)cnc21. The molecule has 1 aliphatic heterocycles. The van der Waals surface area contributed by atoms with Crippen LogP contribution >= 0.6 is 0 Å². The highest BCUT2D eigenvalue weighted by Gasteiger charge is 2.21. The third-order valence-corrected chi connectivity index (χ3v) is 5.23. The van der Waals surface area contributed by atoms with Gasteiger partial charge in [0.05, 0.1) is 23.0 Å². The third kappa shape index (κ3) is 3.85. The third-order valence-electron chi connectivity index (χ3n) is 5.23. The first kappa shape index (κ1) is 19.1. The Labute approximate surface area is 169 Å². The Bertz CT molecular complexity index is 1050. The summed E-state index contributed by atoms with van der Waals surface area (Å²) in [6.07, 6.45) is 6.47. The minimum atomic E-state index is -0.296. The Morgan fingerprint density at radius 3 is 2.59 bits per heavy atom. The lowest BCUT2D eigenvalue weighted by Gasteiger charge is -2.27. The zero-order valence-corrected chi connectivity index (χ0v) is 16.8. The number of nitrogens with one attached hydrogen (secondary N) is 1. The Kier molecular flexibility index (Phi) is 5.29. The summed E-state index contributed by atoms with van der Waals surface area (Å²) in [7, 11) is 0. The Morgan fingerprint density at radius 2 is 1.83 bits per heavy atom. The Balaban J connectivity index is 1.57. The molecule has 3 heterocycles. The average molecular weight is 391 g/mol. The fourth-order valence-electron chi connectivity index (χ4n) is 3.68. The molecule has 0 aliphatic carbocycles. The highest BCUT2D eigenvalue weighted by Crippen LogP contribution is 2.22. The van der Waals surface area contributed by atoms with E-state index in [9.17, 15) is 9.59 Å². The minimum absolute atomic E-state index is 0.0348. The topological polar surface area (TPSA) is 80.1 Å². The Morgan fingerprint density at radius 1 is 1.07 bits per heavy atom. The number of hydrogen-bond donors (Lipinski definition) is 1. The molecular formula is C22H25N5O2. The molecule has 0 radical (unpaired) electrons. The number of rotatable bonds is 4. The van der Waals surface area contributed by atoms with Gasteiger partial charge >= 0.3 is 0 Å². The number of likely N-dealkylation sites (tertiary alicyclic amines) is 1. The highest BCUT2D eigenvalue weighted by atomic mass is 16.2. The number of benzene rings is 1. The van der Waals surface area contributed by atoms with Crippen molar-refractivity contribution in [3.63, 3.8) is 0 Å². The van der Waals surface area contributed by atoms with E-state index in [1.807, 2.05) is 35.6 Å². The van der Waals surface area contributed by atoms with Crippen LogP contribution in [0.2, 0.25) is 0 Å². The summed E-state index contributed by atoms with van der Waals surface area (Å²) >= 11 is 0. The molecule has 4 rings (SSSR count). The highest BCUT2D eigenvalue weighted by molar-refractivity contribution is 6.09. The van der Waals surface area contributed by atoms with Crippen molar-refractivity contribution < 1.29 is 9.59 Å². The van der Waals surface area contributed by atoms with Crippen LogP contribution in [0, 0.1) is 0 Å². The summed E-state index contributed by atoms with van der Waals surface area (Å²) in [5, 5.41) is 8.04. The maximum absolute atomic E-state index is 12.9. The second-order valence-corrected chi connectivity index (χ2v) is 7.67. The van der Waals surface area contributed by atoms with Crippen LogP contribution in [0.4, 0.5) is 5.69 Å². The zero-order chi connectivity index (χ0) is 20.4. The van der Waals surface area contributed by atoms with Gasteiger partial charge in [0, 0.05) is 30.7 Å². The lowest BCUT2D eigenvalue weighted by Crippen LogP contribution is -2.36. The van der Waals surface area contributed by atoms with Gasteiger partial charge in [0.15, 0.2) is 5.65 Å². The molecule has 150 valence electrons. The van der Waals surface area contributed by atoms with Crippen LogP contribution in [0.25, 0.3) is 11.0 Å². The number of fused-ring (bicyclic) bond motifs is 1. The molecule has 1 aromatic carbocycles. The quantitative estimate of drug-likeness (QED) is 0.732.